The smallest absolute Gasteiger partial charge is 0.249 e. The lowest BCUT2D eigenvalue weighted by molar-refractivity contribution is 0.533. The van der Waals surface area contributed by atoms with Gasteiger partial charge >= 0.3 is 0 Å². The molecule has 0 saturated heterocycles. The molecule has 2 aromatic carbocycles. The molecule has 3 aromatic rings. The quantitative estimate of drug-likeness (QED) is 0.785. The number of benzene rings is 2. The number of hydrogen-bond donors (Lipinski definition) is 1. The van der Waals surface area contributed by atoms with E-state index in [9.17, 15) is 0 Å². The van der Waals surface area contributed by atoms with E-state index < -0.39 is 0 Å². The highest BCUT2D eigenvalue weighted by molar-refractivity contribution is 5.72. The maximum absolute atomic E-state index is 5.52. The molecular formula is C17H17N3O. The van der Waals surface area contributed by atoms with E-state index in [2.05, 4.69) is 46.7 Å². The fourth-order valence-electron chi connectivity index (χ4n) is 2.25. The molecule has 0 spiro atoms. The van der Waals surface area contributed by atoms with Crippen molar-refractivity contribution in [2.24, 2.45) is 0 Å². The third-order valence-corrected chi connectivity index (χ3v) is 3.25. The largest absolute Gasteiger partial charge is 0.421 e. The molecule has 0 aliphatic rings. The van der Waals surface area contributed by atoms with Gasteiger partial charge in [-0.15, -0.1) is 10.2 Å². The molecule has 106 valence electrons. The normalized spacial score (nSPS) is 10.6. The molecular weight excluding hydrogens is 262 g/mol. The molecule has 0 fully saturated rings. The van der Waals surface area contributed by atoms with Crippen molar-refractivity contribution < 1.29 is 4.42 Å². The zero-order valence-corrected chi connectivity index (χ0v) is 12.1. The summed E-state index contributed by atoms with van der Waals surface area (Å²) >= 11 is 0. The van der Waals surface area contributed by atoms with Crippen LogP contribution in [0.25, 0.3) is 11.5 Å². The molecule has 4 heteroatoms. The number of aryl methyl sites for hydroxylation is 2. The van der Waals surface area contributed by atoms with Crippen LogP contribution in [0.2, 0.25) is 0 Å². The molecule has 1 heterocycles. The van der Waals surface area contributed by atoms with Crippen molar-refractivity contribution in [2.75, 3.05) is 5.32 Å². The number of hydrogen-bond acceptors (Lipinski definition) is 4. The van der Waals surface area contributed by atoms with Crippen molar-refractivity contribution in [3.05, 3.63) is 65.5 Å². The molecule has 4 nitrogen and oxygen atoms in total. The highest BCUT2D eigenvalue weighted by atomic mass is 16.4. The van der Waals surface area contributed by atoms with Crippen molar-refractivity contribution in [3.8, 4) is 11.5 Å². The zero-order valence-electron chi connectivity index (χ0n) is 12.1. The van der Waals surface area contributed by atoms with Crippen molar-refractivity contribution in [3.63, 3.8) is 0 Å². The Labute approximate surface area is 123 Å². The van der Waals surface area contributed by atoms with Gasteiger partial charge < -0.3 is 9.73 Å². The molecule has 21 heavy (non-hydrogen) atoms. The van der Waals surface area contributed by atoms with Gasteiger partial charge in [-0.05, 0) is 24.6 Å². The first-order valence-corrected chi connectivity index (χ1v) is 6.91. The zero-order chi connectivity index (χ0) is 14.7. The van der Waals surface area contributed by atoms with Crippen molar-refractivity contribution in [2.45, 2.75) is 20.4 Å². The number of nitrogens with one attached hydrogen (secondary N) is 1. The first-order chi connectivity index (χ1) is 10.2. The number of rotatable bonds is 4. The molecule has 0 aliphatic carbocycles. The maximum Gasteiger partial charge on any atom is 0.249 e. The van der Waals surface area contributed by atoms with E-state index in [4.69, 9.17) is 4.42 Å². The topological polar surface area (TPSA) is 51.0 Å². The van der Waals surface area contributed by atoms with Crippen LogP contribution in [0.15, 0.2) is 52.9 Å². The molecule has 0 bridgehead atoms. The van der Waals surface area contributed by atoms with Crippen LogP contribution < -0.4 is 5.32 Å². The van der Waals surface area contributed by atoms with E-state index in [1.807, 2.05) is 24.3 Å². The van der Waals surface area contributed by atoms with Gasteiger partial charge in [0.2, 0.25) is 11.8 Å². The summed E-state index contributed by atoms with van der Waals surface area (Å²) in [7, 11) is 0. The van der Waals surface area contributed by atoms with Crippen molar-refractivity contribution in [1.29, 1.82) is 0 Å². The van der Waals surface area contributed by atoms with E-state index in [0.717, 1.165) is 17.8 Å². The summed E-state index contributed by atoms with van der Waals surface area (Å²) in [6.07, 6.45) is 0. The van der Waals surface area contributed by atoms with Crippen LogP contribution >= 0.6 is 0 Å². The summed E-state index contributed by atoms with van der Waals surface area (Å²) in [5.41, 5.74) is 4.41. The van der Waals surface area contributed by atoms with E-state index in [0.29, 0.717) is 11.8 Å². The summed E-state index contributed by atoms with van der Waals surface area (Å²) in [4.78, 5) is 0. The highest BCUT2D eigenvalue weighted by Gasteiger charge is 2.10. The van der Waals surface area contributed by atoms with Gasteiger partial charge in [0.15, 0.2) is 0 Å². The highest BCUT2D eigenvalue weighted by Crippen LogP contribution is 2.27. The number of anilines is 1. The van der Waals surface area contributed by atoms with E-state index in [1.165, 1.54) is 11.1 Å². The lowest BCUT2D eigenvalue weighted by atomic mass is 10.1. The van der Waals surface area contributed by atoms with Crippen LogP contribution in [0.1, 0.15) is 17.0 Å². The van der Waals surface area contributed by atoms with Crippen LogP contribution in [0.5, 0.6) is 0 Å². The van der Waals surface area contributed by atoms with E-state index in [1.54, 1.807) is 6.92 Å². The minimum Gasteiger partial charge on any atom is -0.421 e. The van der Waals surface area contributed by atoms with E-state index >= 15 is 0 Å². The minimum absolute atomic E-state index is 0.542. The third-order valence-electron chi connectivity index (χ3n) is 3.25. The minimum atomic E-state index is 0.542. The maximum atomic E-state index is 5.52. The molecule has 0 unspecified atom stereocenters. The van der Waals surface area contributed by atoms with Crippen LogP contribution in [0.4, 0.5) is 5.69 Å². The molecule has 0 radical (unpaired) electrons. The molecule has 1 aromatic heterocycles. The van der Waals surface area contributed by atoms with Gasteiger partial charge in [0.25, 0.3) is 0 Å². The summed E-state index contributed by atoms with van der Waals surface area (Å²) < 4.78 is 5.52. The Morgan fingerprint density at radius 2 is 1.86 bits per heavy atom. The van der Waals surface area contributed by atoms with Gasteiger partial charge in [-0.1, -0.05) is 42.0 Å². The Bertz CT molecular complexity index is 749. The average Bonchev–Trinajstić information content (AvgIpc) is 2.92. The molecule has 0 aliphatic heterocycles. The first kappa shape index (κ1) is 13.4. The van der Waals surface area contributed by atoms with Gasteiger partial charge in [-0.2, -0.15) is 0 Å². The van der Waals surface area contributed by atoms with Gasteiger partial charge in [0.1, 0.15) is 0 Å². The number of aromatic nitrogens is 2. The van der Waals surface area contributed by atoms with Crippen LogP contribution in [0, 0.1) is 13.8 Å². The van der Waals surface area contributed by atoms with Gasteiger partial charge in [0, 0.05) is 19.2 Å². The summed E-state index contributed by atoms with van der Waals surface area (Å²) in [6.45, 7) is 4.64. The Morgan fingerprint density at radius 3 is 2.62 bits per heavy atom. The van der Waals surface area contributed by atoms with Crippen molar-refractivity contribution in [1.82, 2.24) is 10.2 Å². The summed E-state index contributed by atoms with van der Waals surface area (Å²) in [5, 5.41) is 11.4. The predicted molar refractivity (Wildman–Crippen MR) is 83.0 cm³/mol. The summed E-state index contributed by atoms with van der Waals surface area (Å²) in [5.74, 6) is 1.11. The molecule has 0 atom stereocenters. The van der Waals surface area contributed by atoms with Gasteiger partial charge in [-0.25, -0.2) is 0 Å². The number of para-hydroxylation sites is 1. The standard InChI is InChI=1S/C17H17N3O/c1-12-6-5-7-14(10-12)11-18-16-9-4-3-8-15(16)17-20-19-13(2)21-17/h3-10,18H,11H2,1-2H3. The number of nitrogens with zero attached hydrogens (tertiary/aromatic N) is 2. The second-order valence-electron chi connectivity index (χ2n) is 5.01. The van der Waals surface area contributed by atoms with Crippen LogP contribution in [-0.2, 0) is 6.54 Å². The lowest BCUT2D eigenvalue weighted by Crippen LogP contribution is -2.01. The first-order valence-electron chi connectivity index (χ1n) is 6.91. The SMILES string of the molecule is Cc1cccc(CNc2ccccc2-c2nnc(C)o2)c1. The lowest BCUT2D eigenvalue weighted by Gasteiger charge is -2.10. The van der Waals surface area contributed by atoms with Crippen LogP contribution in [0.3, 0.4) is 0 Å². The Morgan fingerprint density at radius 1 is 1.00 bits per heavy atom. The monoisotopic (exact) mass is 279 g/mol. The van der Waals surface area contributed by atoms with Gasteiger partial charge in [-0.3, -0.25) is 0 Å². The predicted octanol–water partition coefficient (Wildman–Crippen LogP) is 3.97. The third kappa shape index (κ3) is 3.11. The molecule has 3 rings (SSSR count). The van der Waals surface area contributed by atoms with E-state index in [-0.39, 0.29) is 0 Å². The molecule has 1 N–H and O–H groups in total. The average molecular weight is 279 g/mol. The fourth-order valence-corrected chi connectivity index (χ4v) is 2.25. The Balaban J connectivity index is 1.83. The van der Waals surface area contributed by atoms with Gasteiger partial charge in [0.05, 0.1) is 5.56 Å². The molecule has 0 saturated carbocycles. The van der Waals surface area contributed by atoms with Crippen molar-refractivity contribution >= 4 is 5.69 Å². The summed E-state index contributed by atoms with van der Waals surface area (Å²) in [6, 6.07) is 16.4. The second kappa shape index (κ2) is 5.79. The van der Waals surface area contributed by atoms with Crippen LogP contribution in [-0.4, -0.2) is 10.2 Å². The Hall–Kier alpha value is -2.62. The second-order valence-corrected chi connectivity index (χ2v) is 5.01. The Kier molecular flexibility index (Phi) is 3.69. The fraction of sp³-hybridized carbons (Fsp3) is 0.176. The molecule has 0 amide bonds.